The molecule has 0 saturated carbocycles. The van der Waals surface area contributed by atoms with Gasteiger partial charge in [-0.1, -0.05) is 54.6 Å². The van der Waals surface area contributed by atoms with Gasteiger partial charge in [-0.2, -0.15) is 0 Å². The quantitative estimate of drug-likeness (QED) is 0.284. The molecule has 3 aromatic heterocycles. The molecule has 3 nitrogen and oxygen atoms in total. The van der Waals surface area contributed by atoms with Gasteiger partial charge < -0.3 is 4.57 Å². The molecule has 4 aromatic carbocycles. The molecule has 0 aliphatic rings. The zero-order valence-corrected chi connectivity index (χ0v) is 17.9. The van der Waals surface area contributed by atoms with Crippen LogP contribution in [0.15, 0.2) is 103 Å². The monoisotopic (exact) mass is 427 g/mol. The van der Waals surface area contributed by atoms with E-state index in [1.807, 2.05) is 6.20 Å². The molecule has 0 aliphatic heterocycles. The van der Waals surface area contributed by atoms with Crippen molar-refractivity contribution in [2.24, 2.45) is 0 Å². The highest BCUT2D eigenvalue weighted by Crippen LogP contribution is 2.34. The second-order valence-electron chi connectivity index (χ2n) is 7.93. The molecule has 0 aliphatic carbocycles. The third-order valence-corrected chi connectivity index (χ3v) is 7.18. The number of thiophene rings is 1. The van der Waals surface area contributed by atoms with E-state index in [1.54, 1.807) is 11.3 Å². The number of aromatic nitrogens is 3. The average Bonchev–Trinajstić information content (AvgIpc) is 3.39. The largest absolute Gasteiger partial charge is 0.309 e. The average molecular weight is 428 g/mol. The highest BCUT2D eigenvalue weighted by Gasteiger charge is 2.12. The maximum absolute atomic E-state index is 4.88. The van der Waals surface area contributed by atoms with E-state index in [0.29, 0.717) is 0 Å². The molecule has 0 N–H and O–H groups in total. The van der Waals surface area contributed by atoms with Gasteiger partial charge in [-0.15, -0.1) is 11.3 Å². The molecule has 0 fully saturated rings. The van der Waals surface area contributed by atoms with Gasteiger partial charge in [0, 0.05) is 43.7 Å². The molecular formula is C28H17N3S. The Morgan fingerprint density at radius 1 is 0.594 bits per heavy atom. The van der Waals surface area contributed by atoms with E-state index in [4.69, 9.17) is 4.98 Å². The number of benzene rings is 4. The number of fused-ring (bicyclic) bond motifs is 6. The van der Waals surface area contributed by atoms with Crippen LogP contribution in [0.2, 0.25) is 0 Å². The Bertz CT molecular complexity index is 1720. The first-order valence-corrected chi connectivity index (χ1v) is 11.4. The SMILES string of the molecule is c1ccc2c(c1)sc1nc(-c3ccc(-n4c5ccccc5c5ccccc54)cc3)ncc12. The molecule has 0 radical (unpaired) electrons. The lowest BCUT2D eigenvalue weighted by molar-refractivity contribution is 1.17. The summed E-state index contributed by atoms with van der Waals surface area (Å²) in [6, 6.07) is 34.1. The van der Waals surface area contributed by atoms with Gasteiger partial charge >= 0.3 is 0 Å². The standard InChI is InChI=1S/C28H17N3S/c1-4-10-24-20(7-1)21-8-2-5-11-25(21)31(24)19-15-13-18(14-16-19)27-29-17-23-22-9-3-6-12-26(22)32-28(23)30-27/h1-17H. The minimum absolute atomic E-state index is 0.762. The van der Waals surface area contributed by atoms with E-state index in [-0.39, 0.29) is 0 Å². The van der Waals surface area contributed by atoms with Gasteiger partial charge in [0.05, 0.1) is 11.0 Å². The Labute approximate surface area is 188 Å². The van der Waals surface area contributed by atoms with Crippen molar-refractivity contribution >= 4 is 53.4 Å². The molecule has 0 spiro atoms. The summed E-state index contributed by atoms with van der Waals surface area (Å²) in [4.78, 5) is 10.6. The summed E-state index contributed by atoms with van der Waals surface area (Å²) in [7, 11) is 0. The first-order chi connectivity index (χ1) is 15.9. The molecule has 4 heteroatoms. The lowest BCUT2D eigenvalue weighted by Crippen LogP contribution is -1.94. The van der Waals surface area contributed by atoms with Crippen LogP contribution in [0.4, 0.5) is 0 Å². The van der Waals surface area contributed by atoms with Crippen molar-refractivity contribution < 1.29 is 0 Å². The Hall–Kier alpha value is -4.02. The minimum Gasteiger partial charge on any atom is -0.309 e. The summed E-state index contributed by atoms with van der Waals surface area (Å²) in [6.45, 7) is 0. The molecule has 3 heterocycles. The van der Waals surface area contributed by atoms with Crippen LogP contribution in [0.5, 0.6) is 0 Å². The molecule has 7 rings (SSSR count). The topological polar surface area (TPSA) is 30.7 Å². The zero-order valence-electron chi connectivity index (χ0n) is 17.1. The fourth-order valence-corrected chi connectivity index (χ4v) is 5.66. The summed E-state index contributed by atoms with van der Waals surface area (Å²) < 4.78 is 3.57. The van der Waals surface area contributed by atoms with Gasteiger partial charge in [0.15, 0.2) is 5.82 Å². The van der Waals surface area contributed by atoms with Crippen molar-refractivity contribution in [1.82, 2.24) is 14.5 Å². The Morgan fingerprint density at radius 3 is 1.94 bits per heavy atom. The van der Waals surface area contributed by atoms with Gasteiger partial charge in [0.2, 0.25) is 0 Å². The first kappa shape index (κ1) is 17.6. The summed E-state index contributed by atoms with van der Waals surface area (Å²) in [5, 5.41) is 4.88. The van der Waals surface area contributed by atoms with Crippen LogP contribution in [0.25, 0.3) is 59.2 Å². The minimum atomic E-state index is 0.762. The van der Waals surface area contributed by atoms with Crippen molar-refractivity contribution in [3.8, 4) is 17.1 Å². The highest BCUT2D eigenvalue weighted by atomic mass is 32.1. The van der Waals surface area contributed by atoms with Crippen molar-refractivity contribution in [2.75, 3.05) is 0 Å². The molecular weight excluding hydrogens is 410 g/mol. The number of hydrogen-bond acceptors (Lipinski definition) is 3. The number of hydrogen-bond donors (Lipinski definition) is 0. The lowest BCUT2D eigenvalue weighted by Gasteiger charge is -2.09. The maximum Gasteiger partial charge on any atom is 0.160 e. The van der Waals surface area contributed by atoms with Crippen LogP contribution < -0.4 is 0 Å². The zero-order chi connectivity index (χ0) is 21.1. The fraction of sp³-hybridized carbons (Fsp3) is 0. The maximum atomic E-state index is 4.88. The summed E-state index contributed by atoms with van der Waals surface area (Å²) in [6.07, 6.45) is 1.96. The van der Waals surface area contributed by atoms with Gasteiger partial charge in [0.25, 0.3) is 0 Å². The third-order valence-electron chi connectivity index (χ3n) is 6.10. The molecule has 150 valence electrons. The normalized spacial score (nSPS) is 11.8. The summed E-state index contributed by atoms with van der Waals surface area (Å²) in [5.74, 6) is 0.762. The molecule has 0 atom stereocenters. The summed E-state index contributed by atoms with van der Waals surface area (Å²) in [5.41, 5.74) is 4.58. The van der Waals surface area contributed by atoms with Crippen LogP contribution in [0.1, 0.15) is 0 Å². The number of rotatable bonds is 2. The van der Waals surface area contributed by atoms with Crippen LogP contribution in [-0.4, -0.2) is 14.5 Å². The van der Waals surface area contributed by atoms with Crippen molar-refractivity contribution in [2.45, 2.75) is 0 Å². The van der Waals surface area contributed by atoms with E-state index in [2.05, 4.69) is 107 Å². The van der Waals surface area contributed by atoms with E-state index in [0.717, 1.165) is 27.3 Å². The van der Waals surface area contributed by atoms with Gasteiger partial charge in [-0.05, 0) is 42.5 Å². The Kier molecular flexibility index (Phi) is 3.72. The van der Waals surface area contributed by atoms with Crippen molar-refractivity contribution in [3.05, 3.63) is 103 Å². The Balaban J connectivity index is 1.36. The van der Waals surface area contributed by atoms with Crippen LogP contribution in [-0.2, 0) is 0 Å². The van der Waals surface area contributed by atoms with E-state index in [1.165, 1.54) is 31.9 Å². The predicted octanol–water partition coefficient (Wildman–Crippen LogP) is 7.61. The molecule has 32 heavy (non-hydrogen) atoms. The smallest absolute Gasteiger partial charge is 0.160 e. The van der Waals surface area contributed by atoms with Crippen molar-refractivity contribution in [1.29, 1.82) is 0 Å². The number of nitrogens with zero attached hydrogens (tertiary/aromatic N) is 3. The molecule has 0 bridgehead atoms. The lowest BCUT2D eigenvalue weighted by atomic mass is 10.1. The van der Waals surface area contributed by atoms with Crippen LogP contribution in [0, 0.1) is 0 Å². The Morgan fingerprint density at radius 2 is 1.22 bits per heavy atom. The fourth-order valence-electron chi connectivity index (χ4n) is 4.61. The molecule has 0 unspecified atom stereocenters. The van der Waals surface area contributed by atoms with Gasteiger partial charge in [-0.3, -0.25) is 0 Å². The van der Waals surface area contributed by atoms with Crippen molar-refractivity contribution in [3.63, 3.8) is 0 Å². The van der Waals surface area contributed by atoms with E-state index >= 15 is 0 Å². The predicted molar refractivity (Wildman–Crippen MR) is 135 cm³/mol. The van der Waals surface area contributed by atoms with Gasteiger partial charge in [-0.25, -0.2) is 9.97 Å². The first-order valence-electron chi connectivity index (χ1n) is 10.6. The number of para-hydroxylation sites is 2. The second-order valence-corrected chi connectivity index (χ2v) is 8.96. The summed E-state index contributed by atoms with van der Waals surface area (Å²) >= 11 is 1.72. The molecule has 7 aromatic rings. The molecule has 0 saturated heterocycles. The van der Waals surface area contributed by atoms with Crippen LogP contribution in [0.3, 0.4) is 0 Å². The third kappa shape index (κ3) is 2.53. The van der Waals surface area contributed by atoms with Gasteiger partial charge in [0.1, 0.15) is 4.83 Å². The van der Waals surface area contributed by atoms with E-state index in [9.17, 15) is 0 Å². The van der Waals surface area contributed by atoms with E-state index < -0.39 is 0 Å². The highest BCUT2D eigenvalue weighted by molar-refractivity contribution is 7.25. The van der Waals surface area contributed by atoms with Crippen LogP contribution >= 0.6 is 11.3 Å². The molecule has 0 amide bonds. The second kappa shape index (κ2) is 6.74.